The summed E-state index contributed by atoms with van der Waals surface area (Å²) in [5.41, 5.74) is 1.81. The third-order valence-electron chi connectivity index (χ3n) is 4.64. The van der Waals surface area contributed by atoms with Gasteiger partial charge in [-0.15, -0.1) is 0 Å². The second-order valence-corrected chi connectivity index (χ2v) is 6.91. The highest BCUT2D eigenvalue weighted by atomic mass is 16.5. The number of carbonyl (C=O) groups is 3. The lowest BCUT2D eigenvalue weighted by Crippen LogP contribution is -2.39. The molecule has 3 amide bonds. The van der Waals surface area contributed by atoms with Crippen LogP contribution in [0.15, 0.2) is 54.6 Å². The Kier molecular flexibility index (Phi) is 6.84. The molecule has 0 spiro atoms. The van der Waals surface area contributed by atoms with Crippen LogP contribution in [0.2, 0.25) is 0 Å². The van der Waals surface area contributed by atoms with Crippen molar-refractivity contribution in [2.24, 2.45) is 0 Å². The number of nitrogens with one attached hydrogen (secondary N) is 2. The molecule has 152 valence electrons. The van der Waals surface area contributed by atoms with Gasteiger partial charge in [0, 0.05) is 24.3 Å². The smallest absolute Gasteiger partial charge is 0.338 e. The average molecular weight is 395 g/mol. The van der Waals surface area contributed by atoms with E-state index in [0.717, 1.165) is 18.5 Å². The highest BCUT2D eigenvalue weighted by Gasteiger charge is 2.31. The molecule has 0 bridgehead atoms. The SMILES string of the molecule is CCCCOC(=O)c1ccc(NC(=O)N[C@@H]2CC(=O)N(c3ccccc3)C2)cc1. The second-order valence-electron chi connectivity index (χ2n) is 6.91. The molecule has 3 rings (SSSR count). The fourth-order valence-corrected chi connectivity index (χ4v) is 3.10. The van der Waals surface area contributed by atoms with Crippen molar-refractivity contribution in [1.29, 1.82) is 0 Å². The number of urea groups is 1. The number of benzene rings is 2. The number of hydrogen-bond donors (Lipinski definition) is 2. The molecule has 7 nitrogen and oxygen atoms in total. The Morgan fingerprint density at radius 1 is 1.10 bits per heavy atom. The van der Waals surface area contributed by atoms with Crippen molar-refractivity contribution in [2.75, 3.05) is 23.4 Å². The topological polar surface area (TPSA) is 87.7 Å². The van der Waals surface area contributed by atoms with Crippen LogP contribution in [-0.2, 0) is 9.53 Å². The number of esters is 1. The molecule has 0 aliphatic carbocycles. The third-order valence-corrected chi connectivity index (χ3v) is 4.64. The number of carbonyl (C=O) groups excluding carboxylic acids is 3. The molecule has 1 aliphatic rings. The first-order valence-electron chi connectivity index (χ1n) is 9.77. The van der Waals surface area contributed by atoms with E-state index in [9.17, 15) is 14.4 Å². The molecule has 1 fully saturated rings. The lowest BCUT2D eigenvalue weighted by atomic mass is 10.2. The van der Waals surface area contributed by atoms with Crippen molar-refractivity contribution in [3.8, 4) is 0 Å². The van der Waals surface area contributed by atoms with Gasteiger partial charge in [-0.3, -0.25) is 4.79 Å². The number of para-hydroxylation sites is 1. The fourth-order valence-electron chi connectivity index (χ4n) is 3.10. The molecule has 1 atom stereocenters. The molecule has 29 heavy (non-hydrogen) atoms. The van der Waals surface area contributed by atoms with Crippen molar-refractivity contribution in [2.45, 2.75) is 32.2 Å². The van der Waals surface area contributed by atoms with Crippen LogP contribution in [0.3, 0.4) is 0 Å². The summed E-state index contributed by atoms with van der Waals surface area (Å²) in [6.07, 6.45) is 2.04. The zero-order valence-corrected chi connectivity index (χ0v) is 16.4. The normalized spacial score (nSPS) is 15.8. The summed E-state index contributed by atoms with van der Waals surface area (Å²) in [5, 5.41) is 5.55. The minimum Gasteiger partial charge on any atom is -0.462 e. The summed E-state index contributed by atoms with van der Waals surface area (Å²) in [7, 11) is 0. The minimum absolute atomic E-state index is 0.0209. The first kappa shape index (κ1) is 20.4. The van der Waals surface area contributed by atoms with Gasteiger partial charge in [0.15, 0.2) is 0 Å². The van der Waals surface area contributed by atoms with E-state index >= 15 is 0 Å². The zero-order valence-electron chi connectivity index (χ0n) is 16.4. The van der Waals surface area contributed by atoms with Gasteiger partial charge >= 0.3 is 12.0 Å². The molecule has 0 saturated carbocycles. The van der Waals surface area contributed by atoms with Crippen LogP contribution in [0.5, 0.6) is 0 Å². The number of anilines is 2. The Morgan fingerprint density at radius 3 is 2.52 bits per heavy atom. The summed E-state index contributed by atoms with van der Waals surface area (Å²) >= 11 is 0. The summed E-state index contributed by atoms with van der Waals surface area (Å²) in [5.74, 6) is -0.396. The largest absolute Gasteiger partial charge is 0.462 e. The summed E-state index contributed by atoms with van der Waals surface area (Å²) < 4.78 is 5.16. The van der Waals surface area contributed by atoms with Gasteiger partial charge in [-0.05, 0) is 42.8 Å². The Morgan fingerprint density at radius 2 is 1.83 bits per heavy atom. The maximum atomic E-state index is 12.3. The van der Waals surface area contributed by atoms with Crippen molar-refractivity contribution in [3.63, 3.8) is 0 Å². The minimum atomic E-state index is -0.393. The predicted molar refractivity (Wildman–Crippen MR) is 111 cm³/mol. The van der Waals surface area contributed by atoms with Gasteiger partial charge in [0.2, 0.25) is 5.91 Å². The molecule has 1 aliphatic heterocycles. The van der Waals surface area contributed by atoms with E-state index in [1.807, 2.05) is 37.3 Å². The third kappa shape index (κ3) is 5.57. The maximum Gasteiger partial charge on any atom is 0.338 e. The summed E-state index contributed by atoms with van der Waals surface area (Å²) in [4.78, 5) is 38.1. The standard InChI is InChI=1S/C22H25N3O4/c1-2-3-13-29-21(27)16-9-11-17(12-10-16)23-22(28)24-18-14-20(26)25(15-18)19-7-5-4-6-8-19/h4-12,18H,2-3,13-15H2,1H3,(H2,23,24,28)/t18-/m1/s1. The van der Waals surface area contributed by atoms with Crippen molar-refractivity contribution >= 4 is 29.3 Å². The van der Waals surface area contributed by atoms with Gasteiger partial charge in [-0.1, -0.05) is 31.5 Å². The van der Waals surface area contributed by atoms with Crippen LogP contribution < -0.4 is 15.5 Å². The molecular formula is C22H25N3O4. The first-order chi connectivity index (χ1) is 14.1. The number of rotatable bonds is 7. The van der Waals surface area contributed by atoms with E-state index < -0.39 is 6.03 Å². The van der Waals surface area contributed by atoms with Crippen LogP contribution in [-0.4, -0.2) is 37.1 Å². The molecule has 1 saturated heterocycles. The molecule has 7 heteroatoms. The van der Waals surface area contributed by atoms with Crippen LogP contribution >= 0.6 is 0 Å². The van der Waals surface area contributed by atoms with Crippen molar-refractivity contribution in [1.82, 2.24) is 5.32 Å². The van der Waals surface area contributed by atoms with Crippen LogP contribution in [0.25, 0.3) is 0 Å². The number of ether oxygens (including phenoxy) is 1. The maximum absolute atomic E-state index is 12.3. The van der Waals surface area contributed by atoms with Gasteiger partial charge in [0.25, 0.3) is 0 Å². The highest BCUT2D eigenvalue weighted by Crippen LogP contribution is 2.21. The fraction of sp³-hybridized carbons (Fsp3) is 0.318. The average Bonchev–Trinajstić information content (AvgIpc) is 3.09. The van der Waals surface area contributed by atoms with Crippen LogP contribution in [0.1, 0.15) is 36.5 Å². The molecule has 2 N–H and O–H groups in total. The Bertz CT molecular complexity index is 852. The number of amides is 3. The predicted octanol–water partition coefficient (Wildman–Crippen LogP) is 3.57. The Balaban J connectivity index is 1.49. The van der Waals surface area contributed by atoms with E-state index in [2.05, 4.69) is 10.6 Å². The first-order valence-corrected chi connectivity index (χ1v) is 9.77. The van der Waals surface area contributed by atoms with E-state index in [1.54, 1.807) is 29.2 Å². The molecule has 0 unspecified atom stereocenters. The Labute approximate surface area is 170 Å². The van der Waals surface area contributed by atoms with Crippen molar-refractivity contribution < 1.29 is 19.1 Å². The number of nitrogens with zero attached hydrogens (tertiary/aromatic N) is 1. The second kappa shape index (κ2) is 9.73. The zero-order chi connectivity index (χ0) is 20.6. The van der Waals surface area contributed by atoms with Crippen LogP contribution in [0.4, 0.5) is 16.2 Å². The monoisotopic (exact) mass is 395 g/mol. The Hall–Kier alpha value is -3.35. The summed E-state index contributed by atoms with van der Waals surface area (Å²) in [6.45, 7) is 2.86. The van der Waals surface area contributed by atoms with Crippen molar-refractivity contribution in [3.05, 3.63) is 60.2 Å². The van der Waals surface area contributed by atoms with Crippen LogP contribution in [0, 0.1) is 0 Å². The molecule has 0 radical (unpaired) electrons. The molecule has 2 aromatic rings. The van der Waals surface area contributed by atoms with Gasteiger partial charge in [0.1, 0.15) is 0 Å². The molecule has 0 aromatic heterocycles. The van der Waals surface area contributed by atoms with Gasteiger partial charge in [-0.2, -0.15) is 0 Å². The van der Waals surface area contributed by atoms with Gasteiger partial charge in [-0.25, -0.2) is 9.59 Å². The van der Waals surface area contributed by atoms with E-state index in [0.29, 0.717) is 24.4 Å². The van der Waals surface area contributed by atoms with Gasteiger partial charge < -0.3 is 20.3 Å². The lowest BCUT2D eigenvalue weighted by molar-refractivity contribution is -0.117. The summed E-state index contributed by atoms with van der Waals surface area (Å²) in [6, 6.07) is 15.2. The highest BCUT2D eigenvalue weighted by molar-refractivity contribution is 5.97. The number of unbranched alkanes of at least 4 members (excludes halogenated alkanes) is 1. The number of hydrogen-bond acceptors (Lipinski definition) is 4. The molecule has 1 heterocycles. The quantitative estimate of drug-likeness (QED) is 0.554. The lowest BCUT2D eigenvalue weighted by Gasteiger charge is -2.17. The molecular weight excluding hydrogens is 370 g/mol. The van der Waals surface area contributed by atoms with E-state index in [4.69, 9.17) is 4.74 Å². The molecule has 2 aromatic carbocycles. The van der Waals surface area contributed by atoms with E-state index in [-0.39, 0.29) is 24.3 Å². The van der Waals surface area contributed by atoms with Gasteiger partial charge in [0.05, 0.1) is 18.2 Å². The van der Waals surface area contributed by atoms with E-state index in [1.165, 1.54) is 0 Å².